The number of hydrogen-bond donors (Lipinski definition) is 2. The van der Waals surface area contributed by atoms with E-state index < -0.39 is 0 Å². The van der Waals surface area contributed by atoms with E-state index in [1.807, 2.05) is 43.5 Å². The molecule has 0 aromatic heterocycles. The molecule has 0 unspecified atom stereocenters. The van der Waals surface area contributed by atoms with Crippen LogP contribution in [-0.2, 0) is 22.6 Å². The SMILES string of the molecule is COCCN(C)Cc1ccc(/C=C/c2ccc(CN3CCOCC3)c(O)c2)cc1O. The number of nitrogens with zero attached hydrogens (tertiary/aromatic N) is 2. The summed E-state index contributed by atoms with van der Waals surface area (Å²) in [4.78, 5) is 4.39. The molecule has 6 nitrogen and oxygen atoms in total. The van der Waals surface area contributed by atoms with Crippen molar-refractivity contribution in [3.05, 3.63) is 58.7 Å². The third kappa shape index (κ3) is 6.57. The van der Waals surface area contributed by atoms with Gasteiger partial charge in [0, 0.05) is 51.0 Å². The maximum atomic E-state index is 10.4. The van der Waals surface area contributed by atoms with Crippen LogP contribution in [0, 0.1) is 0 Å². The van der Waals surface area contributed by atoms with Gasteiger partial charge in [0.1, 0.15) is 11.5 Å². The van der Waals surface area contributed by atoms with E-state index >= 15 is 0 Å². The lowest BCUT2D eigenvalue weighted by Crippen LogP contribution is -2.35. The van der Waals surface area contributed by atoms with Crippen LogP contribution in [0.15, 0.2) is 36.4 Å². The van der Waals surface area contributed by atoms with Crippen LogP contribution in [0.2, 0.25) is 0 Å². The van der Waals surface area contributed by atoms with Crippen LogP contribution in [0.5, 0.6) is 11.5 Å². The molecule has 6 heteroatoms. The van der Waals surface area contributed by atoms with E-state index in [1.165, 1.54) is 0 Å². The van der Waals surface area contributed by atoms with Crippen molar-refractivity contribution < 1.29 is 19.7 Å². The minimum Gasteiger partial charge on any atom is -0.508 e. The Balaban J connectivity index is 1.61. The van der Waals surface area contributed by atoms with E-state index in [0.717, 1.165) is 61.6 Å². The lowest BCUT2D eigenvalue weighted by molar-refractivity contribution is 0.0339. The van der Waals surface area contributed by atoms with Gasteiger partial charge in [-0.3, -0.25) is 9.80 Å². The second-order valence-corrected chi connectivity index (χ2v) is 7.73. The fourth-order valence-electron chi connectivity index (χ4n) is 3.45. The molecule has 1 heterocycles. The Morgan fingerprint density at radius 2 is 1.60 bits per heavy atom. The molecule has 2 aromatic carbocycles. The standard InChI is InChI=1S/C24H32N2O4/c1-25(9-12-29-2)17-21-7-5-19(15-23(21)27)3-4-20-6-8-22(24(28)16-20)18-26-10-13-30-14-11-26/h3-8,15-16,27-28H,9-14,17-18H2,1-2H3/b4-3+. The van der Waals surface area contributed by atoms with Gasteiger partial charge in [0.25, 0.3) is 0 Å². The maximum absolute atomic E-state index is 10.4. The quantitative estimate of drug-likeness (QED) is 0.617. The van der Waals surface area contributed by atoms with Gasteiger partial charge >= 0.3 is 0 Å². The van der Waals surface area contributed by atoms with Gasteiger partial charge in [0.15, 0.2) is 0 Å². The summed E-state index contributed by atoms with van der Waals surface area (Å²) in [6.07, 6.45) is 3.88. The van der Waals surface area contributed by atoms with Crippen molar-refractivity contribution in [2.45, 2.75) is 13.1 Å². The number of ether oxygens (including phenoxy) is 2. The van der Waals surface area contributed by atoms with Gasteiger partial charge in [-0.1, -0.05) is 36.4 Å². The Morgan fingerprint density at radius 1 is 1.00 bits per heavy atom. The van der Waals surface area contributed by atoms with Crippen LogP contribution < -0.4 is 0 Å². The first-order chi connectivity index (χ1) is 14.5. The molecule has 162 valence electrons. The normalized spacial score (nSPS) is 15.3. The Labute approximate surface area is 179 Å². The lowest BCUT2D eigenvalue weighted by atomic mass is 10.1. The van der Waals surface area contributed by atoms with Crippen LogP contribution in [0.1, 0.15) is 22.3 Å². The third-order valence-electron chi connectivity index (χ3n) is 5.30. The van der Waals surface area contributed by atoms with Crippen molar-refractivity contribution in [1.82, 2.24) is 9.80 Å². The summed E-state index contributed by atoms with van der Waals surface area (Å²) in [5.74, 6) is 0.589. The number of aromatic hydroxyl groups is 2. The molecule has 0 amide bonds. The van der Waals surface area contributed by atoms with Gasteiger partial charge in [-0.15, -0.1) is 0 Å². The zero-order valence-corrected chi connectivity index (χ0v) is 17.9. The van der Waals surface area contributed by atoms with Crippen molar-refractivity contribution in [1.29, 1.82) is 0 Å². The highest BCUT2D eigenvalue weighted by Gasteiger charge is 2.12. The summed E-state index contributed by atoms with van der Waals surface area (Å²) < 4.78 is 10.5. The molecule has 1 fully saturated rings. The van der Waals surface area contributed by atoms with E-state index in [9.17, 15) is 10.2 Å². The zero-order valence-electron chi connectivity index (χ0n) is 17.9. The maximum Gasteiger partial charge on any atom is 0.120 e. The van der Waals surface area contributed by atoms with Crippen LogP contribution in [-0.4, -0.2) is 73.6 Å². The number of methoxy groups -OCH3 is 1. The minimum absolute atomic E-state index is 0.283. The monoisotopic (exact) mass is 412 g/mol. The van der Waals surface area contributed by atoms with E-state index in [4.69, 9.17) is 9.47 Å². The summed E-state index contributed by atoms with van der Waals surface area (Å²) in [7, 11) is 3.69. The fourth-order valence-corrected chi connectivity index (χ4v) is 3.45. The smallest absolute Gasteiger partial charge is 0.120 e. The number of phenolic OH excluding ortho intramolecular Hbond substituents is 2. The molecule has 0 aliphatic carbocycles. The summed E-state index contributed by atoms with van der Waals surface area (Å²) in [5, 5.41) is 20.8. The van der Waals surface area contributed by atoms with Gasteiger partial charge in [-0.25, -0.2) is 0 Å². The van der Waals surface area contributed by atoms with Crippen LogP contribution >= 0.6 is 0 Å². The first kappa shape index (κ1) is 22.3. The van der Waals surface area contributed by atoms with Gasteiger partial charge in [0.2, 0.25) is 0 Å². The number of phenols is 2. The molecule has 2 aromatic rings. The molecular formula is C24H32N2O4. The average molecular weight is 413 g/mol. The summed E-state index contributed by atoms with van der Waals surface area (Å²) in [5.41, 5.74) is 3.64. The third-order valence-corrected chi connectivity index (χ3v) is 5.30. The number of morpholine rings is 1. The van der Waals surface area contributed by atoms with Crippen molar-refractivity contribution in [3.8, 4) is 11.5 Å². The predicted molar refractivity (Wildman–Crippen MR) is 119 cm³/mol. The van der Waals surface area contributed by atoms with E-state index in [2.05, 4.69) is 9.80 Å². The van der Waals surface area contributed by atoms with Crippen molar-refractivity contribution in [2.24, 2.45) is 0 Å². The van der Waals surface area contributed by atoms with Gasteiger partial charge in [-0.05, 0) is 30.3 Å². The van der Waals surface area contributed by atoms with E-state index in [-0.39, 0.29) is 5.75 Å². The fraction of sp³-hybridized carbons (Fsp3) is 0.417. The molecule has 3 rings (SSSR count). The number of hydrogen-bond acceptors (Lipinski definition) is 6. The second kappa shape index (κ2) is 11.1. The topological polar surface area (TPSA) is 65.4 Å². The van der Waals surface area contributed by atoms with E-state index in [0.29, 0.717) is 18.9 Å². The summed E-state index contributed by atoms with van der Waals surface area (Å²) >= 11 is 0. The highest BCUT2D eigenvalue weighted by atomic mass is 16.5. The van der Waals surface area contributed by atoms with Gasteiger partial charge in [-0.2, -0.15) is 0 Å². The van der Waals surface area contributed by atoms with Crippen molar-refractivity contribution in [3.63, 3.8) is 0 Å². The Bertz CT molecular complexity index is 847. The van der Waals surface area contributed by atoms with Gasteiger partial charge in [0.05, 0.1) is 19.8 Å². The Morgan fingerprint density at radius 3 is 2.17 bits per heavy atom. The molecule has 1 aliphatic rings. The summed E-state index contributed by atoms with van der Waals surface area (Å²) in [6.45, 7) is 6.14. The van der Waals surface area contributed by atoms with Crippen LogP contribution in [0.25, 0.3) is 12.2 Å². The van der Waals surface area contributed by atoms with Crippen LogP contribution in [0.4, 0.5) is 0 Å². The molecule has 1 aliphatic heterocycles. The zero-order chi connectivity index (χ0) is 21.3. The number of rotatable bonds is 9. The summed E-state index contributed by atoms with van der Waals surface area (Å²) in [6, 6.07) is 11.5. The van der Waals surface area contributed by atoms with E-state index in [1.54, 1.807) is 19.2 Å². The van der Waals surface area contributed by atoms with Crippen molar-refractivity contribution in [2.75, 3.05) is 53.6 Å². The molecule has 30 heavy (non-hydrogen) atoms. The predicted octanol–water partition coefficient (Wildman–Crippen LogP) is 3.18. The molecule has 1 saturated heterocycles. The van der Waals surface area contributed by atoms with Gasteiger partial charge < -0.3 is 19.7 Å². The second-order valence-electron chi connectivity index (χ2n) is 7.73. The largest absolute Gasteiger partial charge is 0.508 e. The molecule has 2 N–H and O–H groups in total. The number of likely N-dealkylation sites (N-methyl/N-ethyl adjacent to an activating group) is 1. The Hall–Kier alpha value is -2.38. The van der Waals surface area contributed by atoms with Crippen LogP contribution in [0.3, 0.4) is 0 Å². The first-order valence-electron chi connectivity index (χ1n) is 10.3. The Kier molecular flexibility index (Phi) is 8.28. The van der Waals surface area contributed by atoms with Crippen molar-refractivity contribution >= 4 is 12.2 Å². The first-order valence-corrected chi connectivity index (χ1v) is 10.3. The molecule has 0 bridgehead atoms. The number of benzene rings is 2. The molecule has 0 saturated carbocycles. The highest BCUT2D eigenvalue weighted by Crippen LogP contribution is 2.24. The molecule has 0 radical (unpaired) electrons. The highest BCUT2D eigenvalue weighted by molar-refractivity contribution is 5.71. The molecular weight excluding hydrogens is 380 g/mol. The molecule has 0 spiro atoms. The lowest BCUT2D eigenvalue weighted by Gasteiger charge is -2.26. The average Bonchev–Trinajstić information content (AvgIpc) is 2.75. The molecule has 0 atom stereocenters. The minimum atomic E-state index is 0.283.